The fourth-order valence-corrected chi connectivity index (χ4v) is 6.39. The van der Waals surface area contributed by atoms with E-state index in [0.29, 0.717) is 31.6 Å². The first-order chi connectivity index (χ1) is 20.8. The molecule has 2 saturated heterocycles. The molecule has 0 aromatic carbocycles. The Balaban J connectivity index is 1.35. The van der Waals surface area contributed by atoms with Crippen molar-refractivity contribution in [2.75, 3.05) is 26.7 Å². The molecule has 44 heavy (non-hydrogen) atoms. The summed E-state index contributed by atoms with van der Waals surface area (Å²) in [4.78, 5) is 38.5. The van der Waals surface area contributed by atoms with E-state index >= 15 is 0 Å². The van der Waals surface area contributed by atoms with E-state index in [9.17, 15) is 31.5 Å². The molecule has 3 amide bonds. The van der Waals surface area contributed by atoms with Crippen LogP contribution in [0.25, 0.3) is 5.78 Å². The highest BCUT2D eigenvalue weighted by molar-refractivity contribution is 5.93. The summed E-state index contributed by atoms with van der Waals surface area (Å²) in [5.74, 6) is -3.73. The van der Waals surface area contributed by atoms with Crippen molar-refractivity contribution in [3.05, 3.63) is 35.2 Å². The standard InChI is InChI=1S/C26H31F5N10O3/c1-14-19(38-44-37-14)21(42)36-20(15-3-5-25(27,28)6-4-15)16-12-41-22(33-16)34-17(11-32-41)24(7-9-39(2)10-8-24)40-13-18(26(29,30)31)35-23(40)43/h11-12,15,18,20H,3-10,13H2,1-2H3,(H,35,43)(H,36,42)/t18-,20-/m0/s1. The third-order valence-corrected chi connectivity index (χ3v) is 9.03. The number of imidazole rings is 1. The minimum Gasteiger partial charge on any atom is -0.342 e. The third-order valence-electron chi connectivity index (χ3n) is 9.03. The minimum absolute atomic E-state index is 0.0521. The predicted molar refractivity (Wildman–Crippen MR) is 140 cm³/mol. The number of nitrogens with one attached hydrogen (secondary N) is 2. The highest BCUT2D eigenvalue weighted by Crippen LogP contribution is 2.43. The predicted octanol–water partition coefficient (Wildman–Crippen LogP) is 2.99. The Morgan fingerprint density at radius 1 is 1.14 bits per heavy atom. The molecule has 2 atom stereocenters. The Hall–Kier alpha value is -3.96. The second-order valence-electron chi connectivity index (χ2n) is 11.9. The number of urea groups is 1. The van der Waals surface area contributed by atoms with Gasteiger partial charge in [0.2, 0.25) is 5.92 Å². The van der Waals surface area contributed by atoms with Crippen LogP contribution in [0.5, 0.6) is 0 Å². The number of aryl methyl sites for hydroxylation is 1. The lowest BCUT2D eigenvalue weighted by Crippen LogP contribution is -2.54. The van der Waals surface area contributed by atoms with E-state index in [2.05, 4.69) is 35.3 Å². The summed E-state index contributed by atoms with van der Waals surface area (Å²) in [6.07, 6.45) is -1.50. The number of carbonyl (C=O) groups is 2. The van der Waals surface area contributed by atoms with Gasteiger partial charge < -0.3 is 20.4 Å². The van der Waals surface area contributed by atoms with E-state index < -0.39 is 54.1 Å². The normalized spacial score (nSPS) is 23.6. The second-order valence-corrected chi connectivity index (χ2v) is 11.9. The first kappa shape index (κ1) is 30.1. The summed E-state index contributed by atoms with van der Waals surface area (Å²) in [6, 6.07) is -3.66. The molecule has 0 bridgehead atoms. The van der Waals surface area contributed by atoms with Crippen molar-refractivity contribution in [2.45, 2.75) is 75.2 Å². The number of halogens is 5. The number of fused-ring (bicyclic) bond motifs is 1. The molecule has 2 N–H and O–H groups in total. The molecule has 0 unspecified atom stereocenters. The molecule has 3 aromatic heterocycles. The summed E-state index contributed by atoms with van der Waals surface area (Å²) in [7, 11) is 1.88. The number of hydrogen-bond acceptors (Lipinski definition) is 9. The van der Waals surface area contributed by atoms with E-state index in [4.69, 9.17) is 0 Å². The Bertz CT molecular complexity index is 1540. The van der Waals surface area contributed by atoms with Crippen LogP contribution in [0.2, 0.25) is 0 Å². The molecule has 3 aliphatic rings. The Morgan fingerprint density at radius 3 is 2.45 bits per heavy atom. The van der Waals surface area contributed by atoms with E-state index in [1.165, 1.54) is 28.7 Å². The third kappa shape index (κ3) is 5.54. The molecule has 18 heteroatoms. The van der Waals surface area contributed by atoms with Crippen molar-refractivity contribution in [3.8, 4) is 0 Å². The number of rotatable bonds is 6. The van der Waals surface area contributed by atoms with Gasteiger partial charge in [-0.1, -0.05) is 5.16 Å². The lowest BCUT2D eigenvalue weighted by atomic mass is 9.81. The molecule has 238 valence electrons. The summed E-state index contributed by atoms with van der Waals surface area (Å²) in [6.45, 7) is 1.97. The van der Waals surface area contributed by atoms with Gasteiger partial charge in [0.15, 0.2) is 5.69 Å². The molecule has 5 heterocycles. The van der Waals surface area contributed by atoms with E-state index in [1.54, 1.807) is 0 Å². The van der Waals surface area contributed by atoms with Gasteiger partial charge >= 0.3 is 12.2 Å². The Kier molecular flexibility index (Phi) is 7.44. The number of carbonyl (C=O) groups excluding carboxylic acids is 2. The van der Waals surface area contributed by atoms with Gasteiger partial charge in [0.25, 0.3) is 11.7 Å². The highest BCUT2D eigenvalue weighted by Gasteiger charge is 2.54. The number of amides is 3. The van der Waals surface area contributed by atoms with E-state index in [-0.39, 0.29) is 48.5 Å². The zero-order valence-electron chi connectivity index (χ0n) is 23.9. The zero-order chi connectivity index (χ0) is 31.4. The van der Waals surface area contributed by atoms with Gasteiger partial charge in [-0.25, -0.2) is 32.7 Å². The number of aromatic nitrogens is 6. The van der Waals surface area contributed by atoms with Crippen LogP contribution in [0, 0.1) is 12.8 Å². The van der Waals surface area contributed by atoms with Crippen LogP contribution in [-0.2, 0) is 5.54 Å². The molecule has 1 saturated carbocycles. The lowest BCUT2D eigenvalue weighted by molar-refractivity contribution is -0.151. The van der Waals surface area contributed by atoms with E-state index in [1.807, 2.05) is 17.3 Å². The van der Waals surface area contributed by atoms with Crippen LogP contribution < -0.4 is 10.6 Å². The van der Waals surface area contributed by atoms with Gasteiger partial charge in [-0.3, -0.25) is 4.79 Å². The number of nitrogens with zero attached hydrogens (tertiary/aromatic N) is 8. The van der Waals surface area contributed by atoms with Crippen molar-refractivity contribution < 1.29 is 36.2 Å². The van der Waals surface area contributed by atoms with Crippen LogP contribution in [0.15, 0.2) is 17.0 Å². The quantitative estimate of drug-likeness (QED) is 0.394. The molecule has 6 rings (SSSR count). The first-order valence-corrected chi connectivity index (χ1v) is 14.3. The number of alkyl halides is 5. The summed E-state index contributed by atoms with van der Waals surface area (Å²) >= 11 is 0. The highest BCUT2D eigenvalue weighted by atomic mass is 19.4. The van der Waals surface area contributed by atoms with Crippen LogP contribution in [0.1, 0.15) is 72.1 Å². The number of likely N-dealkylation sites (tertiary alicyclic amines) is 1. The maximum atomic E-state index is 14.0. The zero-order valence-corrected chi connectivity index (χ0v) is 23.9. The fourth-order valence-electron chi connectivity index (χ4n) is 6.39. The minimum atomic E-state index is -4.62. The monoisotopic (exact) mass is 626 g/mol. The smallest absolute Gasteiger partial charge is 0.342 e. The SMILES string of the molecule is Cc1nonc1C(=O)N[C@H](c1cn2ncc(C3(N4C[C@@H](C(F)(F)F)NC4=O)CCN(C)CC3)nc2n1)C1CCC(F)(F)CC1. The fraction of sp³-hybridized carbons (Fsp3) is 0.654. The summed E-state index contributed by atoms with van der Waals surface area (Å²) in [5.41, 5.74) is -0.369. The van der Waals surface area contributed by atoms with Gasteiger partial charge in [-0.15, -0.1) is 0 Å². The number of hydrogen-bond donors (Lipinski definition) is 2. The average Bonchev–Trinajstić information content (AvgIpc) is 3.70. The molecule has 0 spiro atoms. The van der Waals surface area contributed by atoms with Gasteiger partial charge in [-0.05, 0) is 50.7 Å². The summed E-state index contributed by atoms with van der Waals surface area (Å²) < 4.78 is 74.8. The Morgan fingerprint density at radius 2 is 1.84 bits per heavy atom. The molecule has 1 aliphatic carbocycles. The molecule has 13 nitrogen and oxygen atoms in total. The van der Waals surface area contributed by atoms with Crippen molar-refractivity contribution in [1.82, 2.24) is 50.3 Å². The van der Waals surface area contributed by atoms with Crippen LogP contribution in [0.4, 0.5) is 26.7 Å². The number of piperidine rings is 1. The molecular weight excluding hydrogens is 595 g/mol. The molecule has 3 aromatic rings. The van der Waals surface area contributed by atoms with Crippen LogP contribution >= 0.6 is 0 Å². The maximum absolute atomic E-state index is 14.0. The topological polar surface area (TPSA) is 147 Å². The summed E-state index contributed by atoms with van der Waals surface area (Å²) in [5, 5.41) is 16.6. The Labute approximate surface area is 247 Å². The largest absolute Gasteiger partial charge is 0.410 e. The molecule has 3 fully saturated rings. The van der Waals surface area contributed by atoms with E-state index in [0.717, 1.165) is 0 Å². The molecular formula is C26H31F5N10O3. The van der Waals surface area contributed by atoms with Gasteiger partial charge in [0.1, 0.15) is 11.7 Å². The van der Waals surface area contributed by atoms with Gasteiger partial charge in [0, 0.05) is 25.9 Å². The van der Waals surface area contributed by atoms with Crippen LogP contribution in [0.3, 0.4) is 0 Å². The van der Waals surface area contributed by atoms with Crippen molar-refractivity contribution in [1.29, 1.82) is 0 Å². The average molecular weight is 627 g/mol. The molecule has 0 radical (unpaired) electrons. The molecule has 2 aliphatic heterocycles. The van der Waals surface area contributed by atoms with Crippen molar-refractivity contribution >= 4 is 17.7 Å². The van der Waals surface area contributed by atoms with Crippen molar-refractivity contribution in [2.24, 2.45) is 5.92 Å². The van der Waals surface area contributed by atoms with Crippen molar-refractivity contribution in [3.63, 3.8) is 0 Å². The van der Waals surface area contributed by atoms with Gasteiger partial charge in [-0.2, -0.15) is 18.3 Å². The second kappa shape index (κ2) is 10.9. The first-order valence-electron chi connectivity index (χ1n) is 14.3. The maximum Gasteiger partial charge on any atom is 0.410 e. The van der Waals surface area contributed by atoms with Gasteiger partial charge in [0.05, 0.1) is 41.9 Å². The van der Waals surface area contributed by atoms with Crippen LogP contribution in [-0.4, -0.2) is 96.5 Å². The lowest BCUT2D eigenvalue weighted by Gasteiger charge is -2.45.